The van der Waals surface area contributed by atoms with Gasteiger partial charge in [0.25, 0.3) is 5.91 Å². The number of hydrogen-bond acceptors (Lipinski definition) is 6. The topological polar surface area (TPSA) is 68.5 Å². The van der Waals surface area contributed by atoms with Gasteiger partial charge in [0.2, 0.25) is 0 Å². The van der Waals surface area contributed by atoms with Crippen LogP contribution in [-0.2, 0) is 12.2 Å². The lowest BCUT2D eigenvalue weighted by Crippen LogP contribution is -2.39. The van der Waals surface area contributed by atoms with Crippen LogP contribution in [0, 0.1) is 5.92 Å². The fourth-order valence-corrected chi connectivity index (χ4v) is 5.32. The van der Waals surface area contributed by atoms with Crippen molar-refractivity contribution >= 4 is 28.6 Å². The summed E-state index contributed by atoms with van der Waals surface area (Å²) in [4.78, 5) is 24.0. The predicted molar refractivity (Wildman–Crippen MR) is 133 cm³/mol. The number of hydrogen-bond donors (Lipinski definition) is 0. The zero-order chi connectivity index (χ0) is 23.3. The third kappa shape index (κ3) is 4.94. The Bertz CT molecular complexity index is 1250. The lowest BCUT2D eigenvalue weighted by molar-refractivity contribution is 0.0659. The van der Waals surface area contributed by atoms with Gasteiger partial charge in [-0.25, -0.2) is 9.97 Å². The van der Waals surface area contributed by atoms with E-state index in [0.717, 1.165) is 54.6 Å². The minimum absolute atomic E-state index is 0.0244. The van der Waals surface area contributed by atoms with Crippen LogP contribution in [0.25, 0.3) is 11.0 Å². The number of benzene rings is 2. The van der Waals surface area contributed by atoms with Gasteiger partial charge < -0.3 is 14.1 Å². The molecule has 0 spiro atoms. The highest BCUT2D eigenvalue weighted by Crippen LogP contribution is 2.33. The van der Waals surface area contributed by atoms with Gasteiger partial charge in [-0.3, -0.25) is 4.79 Å². The van der Waals surface area contributed by atoms with E-state index in [9.17, 15) is 4.79 Å². The number of aromatic nitrogens is 2. The summed E-state index contributed by atoms with van der Waals surface area (Å²) in [5, 5.41) is 1.66. The van der Waals surface area contributed by atoms with E-state index in [0.29, 0.717) is 22.6 Å². The molecule has 1 saturated heterocycles. The Labute approximate surface area is 203 Å². The first kappa shape index (κ1) is 22.5. The second-order valence-corrected chi connectivity index (χ2v) is 9.46. The van der Waals surface area contributed by atoms with Gasteiger partial charge in [-0.05, 0) is 55.0 Å². The molecule has 174 valence electrons. The molecule has 2 aromatic heterocycles. The molecule has 1 fully saturated rings. The number of para-hydroxylation sites is 1. The molecule has 4 aromatic rings. The molecule has 0 atom stereocenters. The maximum absolute atomic E-state index is 13.5. The quantitative estimate of drug-likeness (QED) is 0.256. The van der Waals surface area contributed by atoms with Gasteiger partial charge in [-0.1, -0.05) is 42.1 Å². The number of piperidine rings is 1. The second-order valence-electron chi connectivity index (χ2n) is 8.51. The predicted octanol–water partition coefficient (Wildman–Crippen LogP) is 5.62. The Morgan fingerprint density at radius 3 is 2.53 bits per heavy atom. The first-order valence-electron chi connectivity index (χ1n) is 11.5. The molecule has 1 aliphatic rings. The molecule has 0 saturated carbocycles. The minimum atomic E-state index is -0.0244. The SMILES string of the molecule is COc1ccc(CC2CCN(C(=O)c3oc4ccccc4c3CSc3ncccn3)CC2)cc1. The van der Waals surface area contributed by atoms with E-state index in [4.69, 9.17) is 9.15 Å². The van der Waals surface area contributed by atoms with Crippen molar-refractivity contribution < 1.29 is 13.9 Å². The van der Waals surface area contributed by atoms with Crippen molar-refractivity contribution in [3.63, 3.8) is 0 Å². The normalized spacial score (nSPS) is 14.4. The molecule has 1 amide bonds. The maximum atomic E-state index is 13.5. The number of ether oxygens (including phenoxy) is 1. The summed E-state index contributed by atoms with van der Waals surface area (Å²) in [6.07, 6.45) is 6.45. The van der Waals surface area contributed by atoms with Crippen molar-refractivity contribution in [2.24, 2.45) is 5.92 Å². The van der Waals surface area contributed by atoms with E-state index in [1.54, 1.807) is 25.6 Å². The maximum Gasteiger partial charge on any atom is 0.289 e. The lowest BCUT2D eigenvalue weighted by Gasteiger charge is -2.31. The number of fused-ring (bicyclic) bond motifs is 1. The summed E-state index contributed by atoms with van der Waals surface area (Å²) in [5.74, 6) is 2.44. The Morgan fingerprint density at radius 1 is 1.06 bits per heavy atom. The lowest BCUT2D eigenvalue weighted by atomic mass is 9.90. The molecule has 6 nitrogen and oxygen atoms in total. The van der Waals surface area contributed by atoms with Crippen LogP contribution in [0.3, 0.4) is 0 Å². The largest absolute Gasteiger partial charge is 0.497 e. The number of amides is 1. The molecule has 0 aliphatic carbocycles. The van der Waals surface area contributed by atoms with Gasteiger partial charge in [-0.15, -0.1) is 0 Å². The number of carbonyl (C=O) groups excluding carboxylic acids is 1. The number of carbonyl (C=O) groups is 1. The third-order valence-corrected chi connectivity index (χ3v) is 7.27. The Hall–Kier alpha value is -3.32. The Morgan fingerprint density at radius 2 is 1.79 bits per heavy atom. The van der Waals surface area contributed by atoms with Crippen LogP contribution in [-0.4, -0.2) is 41.0 Å². The summed E-state index contributed by atoms with van der Waals surface area (Å²) in [7, 11) is 1.68. The third-order valence-electron chi connectivity index (χ3n) is 6.37. The van der Waals surface area contributed by atoms with Crippen LogP contribution in [0.1, 0.15) is 34.5 Å². The van der Waals surface area contributed by atoms with E-state index >= 15 is 0 Å². The number of furan rings is 1. The van der Waals surface area contributed by atoms with Gasteiger partial charge in [0, 0.05) is 42.2 Å². The summed E-state index contributed by atoms with van der Waals surface area (Å²) >= 11 is 1.51. The second kappa shape index (κ2) is 10.3. The standard InChI is InChI=1S/C27H27N3O3S/c1-32-21-9-7-19(8-10-21)17-20-11-15-30(16-12-20)26(31)25-23(18-34-27-28-13-4-14-29-27)22-5-2-3-6-24(22)33-25/h2-10,13-14,20H,11-12,15-18H2,1H3. The zero-order valence-corrected chi connectivity index (χ0v) is 20.0. The molecular formula is C27H27N3O3S. The number of rotatable bonds is 7. The van der Waals surface area contributed by atoms with Gasteiger partial charge in [-0.2, -0.15) is 0 Å². The molecule has 0 bridgehead atoms. The van der Waals surface area contributed by atoms with Gasteiger partial charge in [0.1, 0.15) is 11.3 Å². The first-order valence-corrected chi connectivity index (χ1v) is 12.5. The van der Waals surface area contributed by atoms with E-state index < -0.39 is 0 Å². The molecule has 0 N–H and O–H groups in total. The van der Waals surface area contributed by atoms with Crippen molar-refractivity contribution in [2.75, 3.05) is 20.2 Å². The molecule has 0 unspecified atom stereocenters. The highest BCUT2D eigenvalue weighted by molar-refractivity contribution is 7.98. The number of nitrogens with zero attached hydrogens (tertiary/aromatic N) is 3. The van der Waals surface area contributed by atoms with E-state index in [1.165, 1.54) is 17.3 Å². The van der Waals surface area contributed by atoms with Crippen LogP contribution in [0.5, 0.6) is 5.75 Å². The molecule has 1 aliphatic heterocycles. The fourth-order valence-electron chi connectivity index (χ4n) is 4.49. The number of methoxy groups -OCH3 is 1. The van der Waals surface area contributed by atoms with E-state index in [-0.39, 0.29) is 5.91 Å². The highest BCUT2D eigenvalue weighted by Gasteiger charge is 2.29. The van der Waals surface area contributed by atoms with Crippen molar-refractivity contribution in [1.82, 2.24) is 14.9 Å². The minimum Gasteiger partial charge on any atom is -0.497 e. The van der Waals surface area contributed by atoms with Crippen LogP contribution >= 0.6 is 11.8 Å². The molecule has 7 heteroatoms. The molecule has 34 heavy (non-hydrogen) atoms. The molecule has 0 radical (unpaired) electrons. The van der Waals surface area contributed by atoms with Crippen LogP contribution < -0.4 is 4.74 Å². The van der Waals surface area contributed by atoms with Crippen LogP contribution in [0.15, 0.2) is 76.6 Å². The van der Waals surface area contributed by atoms with E-state index in [1.807, 2.05) is 41.3 Å². The molecule has 3 heterocycles. The highest BCUT2D eigenvalue weighted by atomic mass is 32.2. The molecule has 2 aromatic carbocycles. The Balaban J connectivity index is 1.27. The van der Waals surface area contributed by atoms with Crippen molar-refractivity contribution in [1.29, 1.82) is 0 Å². The van der Waals surface area contributed by atoms with Crippen molar-refractivity contribution in [2.45, 2.75) is 30.2 Å². The fraction of sp³-hybridized carbons (Fsp3) is 0.296. The van der Waals surface area contributed by atoms with Gasteiger partial charge in [0.15, 0.2) is 10.9 Å². The first-order chi connectivity index (χ1) is 16.7. The number of thioether (sulfide) groups is 1. The summed E-state index contributed by atoms with van der Waals surface area (Å²) in [6.45, 7) is 1.48. The average Bonchev–Trinajstić information content (AvgIpc) is 3.27. The monoisotopic (exact) mass is 473 g/mol. The van der Waals surface area contributed by atoms with Gasteiger partial charge in [0.05, 0.1) is 7.11 Å². The number of likely N-dealkylation sites (tertiary alicyclic amines) is 1. The Kier molecular flexibility index (Phi) is 6.81. The van der Waals surface area contributed by atoms with Crippen molar-refractivity contribution in [3.05, 3.63) is 83.9 Å². The van der Waals surface area contributed by atoms with E-state index in [2.05, 4.69) is 22.1 Å². The molecular weight excluding hydrogens is 446 g/mol. The van der Waals surface area contributed by atoms with Gasteiger partial charge >= 0.3 is 0 Å². The van der Waals surface area contributed by atoms with Crippen LogP contribution in [0.4, 0.5) is 0 Å². The van der Waals surface area contributed by atoms with Crippen LogP contribution in [0.2, 0.25) is 0 Å². The summed E-state index contributed by atoms with van der Waals surface area (Å²) < 4.78 is 11.3. The molecule has 5 rings (SSSR count). The zero-order valence-electron chi connectivity index (χ0n) is 19.1. The summed E-state index contributed by atoms with van der Waals surface area (Å²) in [5.41, 5.74) is 2.97. The average molecular weight is 474 g/mol. The summed E-state index contributed by atoms with van der Waals surface area (Å²) in [6, 6.07) is 17.9. The van der Waals surface area contributed by atoms with Crippen molar-refractivity contribution in [3.8, 4) is 5.75 Å². The smallest absolute Gasteiger partial charge is 0.289 e.